The molecule has 184 valence electrons. The molecule has 0 bridgehead atoms. The van der Waals surface area contributed by atoms with Crippen LogP contribution in [0.25, 0.3) is 0 Å². The molecule has 2 amide bonds. The van der Waals surface area contributed by atoms with Gasteiger partial charge < -0.3 is 19.5 Å². The molecule has 3 aromatic rings. The topological polar surface area (TPSA) is 89.5 Å². The number of nitrogens with one attached hydrogen (secondary N) is 1. The average Bonchev–Trinajstić information content (AvgIpc) is 3.36. The zero-order valence-electron chi connectivity index (χ0n) is 19.7. The first-order valence-corrected chi connectivity index (χ1v) is 12.5. The molecule has 1 N–H and O–H groups in total. The number of carbonyl (C=O) groups excluding carboxylic acids is 2. The molecular formula is C27H25N3O5S. The Morgan fingerprint density at radius 3 is 2.64 bits per heavy atom. The van der Waals surface area contributed by atoms with Crippen LogP contribution >= 0.6 is 11.8 Å². The lowest BCUT2D eigenvalue weighted by Gasteiger charge is -2.32. The fourth-order valence-electron chi connectivity index (χ4n) is 3.86. The third kappa shape index (κ3) is 5.46. The van der Waals surface area contributed by atoms with Crippen LogP contribution in [0.5, 0.6) is 17.2 Å². The highest BCUT2D eigenvalue weighted by atomic mass is 32.2. The van der Waals surface area contributed by atoms with E-state index in [2.05, 4.69) is 5.32 Å². The fourth-order valence-corrected chi connectivity index (χ4v) is 4.95. The van der Waals surface area contributed by atoms with Gasteiger partial charge in [-0.25, -0.2) is 4.99 Å². The predicted molar refractivity (Wildman–Crippen MR) is 139 cm³/mol. The molecule has 1 saturated heterocycles. The number of benzene rings is 3. The number of amidine groups is 1. The molecule has 9 heteroatoms. The van der Waals surface area contributed by atoms with Crippen LogP contribution in [0, 0.1) is 0 Å². The number of aliphatic imine (C=N–C) groups is 1. The molecule has 3 aromatic carbocycles. The van der Waals surface area contributed by atoms with Crippen molar-refractivity contribution in [1.82, 2.24) is 4.90 Å². The van der Waals surface area contributed by atoms with E-state index in [0.717, 1.165) is 11.3 Å². The van der Waals surface area contributed by atoms with E-state index < -0.39 is 5.25 Å². The molecule has 1 atom stereocenters. The summed E-state index contributed by atoms with van der Waals surface area (Å²) in [6, 6.07) is 22.1. The van der Waals surface area contributed by atoms with E-state index in [1.807, 2.05) is 79.7 Å². The number of hydrogen-bond donors (Lipinski definition) is 1. The zero-order chi connectivity index (χ0) is 24.9. The second-order valence-electron chi connectivity index (χ2n) is 8.15. The minimum atomic E-state index is -0.604. The van der Waals surface area contributed by atoms with Crippen LogP contribution in [-0.4, -0.2) is 40.5 Å². The monoisotopic (exact) mass is 503 g/mol. The van der Waals surface area contributed by atoms with Crippen LogP contribution in [0.4, 0.5) is 11.4 Å². The average molecular weight is 504 g/mol. The number of ether oxygens (including phenoxy) is 3. The largest absolute Gasteiger partial charge is 0.494 e. The second kappa shape index (κ2) is 10.7. The minimum Gasteiger partial charge on any atom is -0.494 e. The van der Waals surface area contributed by atoms with Gasteiger partial charge in [0.1, 0.15) is 11.0 Å². The van der Waals surface area contributed by atoms with Gasteiger partial charge in [0.25, 0.3) is 0 Å². The van der Waals surface area contributed by atoms with Crippen molar-refractivity contribution in [2.75, 3.05) is 18.7 Å². The molecule has 8 nitrogen and oxygen atoms in total. The SMILES string of the molecule is CCOc1ccc(N=C2S[C@@H](C(=O)Nc3ccccc3)CC(=O)N2Cc2ccc3c(c2)OCO3)cc1. The number of rotatable bonds is 7. The number of carbonyl (C=O) groups is 2. The minimum absolute atomic E-state index is 0.0657. The molecule has 0 aliphatic carbocycles. The summed E-state index contributed by atoms with van der Waals surface area (Å²) >= 11 is 1.28. The molecule has 2 aliphatic rings. The summed E-state index contributed by atoms with van der Waals surface area (Å²) in [4.78, 5) is 32.7. The molecule has 5 rings (SSSR count). The first kappa shape index (κ1) is 23.7. The highest BCUT2D eigenvalue weighted by Crippen LogP contribution is 2.35. The van der Waals surface area contributed by atoms with Crippen LogP contribution in [0.3, 0.4) is 0 Å². The van der Waals surface area contributed by atoms with E-state index in [1.54, 1.807) is 4.90 Å². The Kier molecular flexibility index (Phi) is 7.08. The van der Waals surface area contributed by atoms with E-state index >= 15 is 0 Å². The van der Waals surface area contributed by atoms with E-state index in [1.165, 1.54) is 11.8 Å². The van der Waals surface area contributed by atoms with Gasteiger partial charge in [0.05, 0.1) is 18.8 Å². The van der Waals surface area contributed by atoms with Crippen molar-refractivity contribution in [1.29, 1.82) is 0 Å². The summed E-state index contributed by atoms with van der Waals surface area (Å²) in [5.74, 6) is 1.66. The first-order chi connectivity index (χ1) is 17.6. The van der Waals surface area contributed by atoms with Gasteiger partial charge in [-0.3, -0.25) is 14.5 Å². The molecule has 2 heterocycles. The quantitative estimate of drug-likeness (QED) is 0.490. The summed E-state index contributed by atoms with van der Waals surface area (Å²) in [6.07, 6.45) is 0.0657. The summed E-state index contributed by atoms with van der Waals surface area (Å²) in [6.45, 7) is 2.97. The first-order valence-electron chi connectivity index (χ1n) is 11.6. The van der Waals surface area contributed by atoms with Crippen molar-refractivity contribution in [2.24, 2.45) is 4.99 Å². The van der Waals surface area contributed by atoms with Gasteiger partial charge in [0, 0.05) is 12.1 Å². The maximum absolute atomic E-state index is 13.3. The standard InChI is InChI=1S/C27H25N3O5S/c1-2-33-21-11-9-20(10-12-21)29-27-30(16-18-8-13-22-23(14-18)35-17-34-22)25(31)15-24(36-27)26(32)28-19-6-4-3-5-7-19/h3-14,24H,2,15-17H2,1H3,(H,28,32)/t24-/m1/s1. The molecule has 0 aromatic heterocycles. The second-order valence-corrected chi connectivity index (χ2v) is 9.32. The molecular weight excluding hydrogens is 478 g/mol. The van der Waals surface area contributed by atoms with Crippen molar-refractivity contribution in [2.45, 2.75) is 25.1 Å². The van der Waals surface area contributed by atoms with Crippen LogP contribution < -0.4 is 19.5 Å². The van der Waals surface area contributed by atoms with Crippen molar-refractivity contribution in [3.05, 3.63) is 78.4 Å². The lowest BCUT2D eigenvalue weighted by molar-refractivity contribution is -0.129. The van der Waals surface area contributed by atoms with Crippen LogP contribution in [0.1, 0.15) is 18.9 Å². The van der Waals surface area contributed by atoms with Gasteiger partial charge in [0.2, 0.25) is 18.6 Å². The Balaban J connectivity index is 1.40. The van der Waals surface area contributed by atoms with Crippen molar-refractivity contribution >= 4 is 40.1 Å². The van der Waals surface area contributed by atoms with Crippen LogP contribution in [0.2, 0.25) is 0 Å². The van der Waals surface area contributed by atoms with Gasteiger partial charge in [-0.15, -0.1) is 0 Å². The highest BCUT2D eigenvalue weighted by molar-refractivity contribution is 8.15. The Bertz CT molecular complexity index is 1280. The summed E-state index contributed by atoms with van der Waals surface area (Å²) in [7, 11) is 0. The van der Waals surface area contributed by atoms with E-state index in [-0.39, 0.29) is 25.0 Å². The number of thioether (sulfide) groups is 1. The van der Waals surface area contributed by atoms with E-state index in [0.29, 0.717) is 41.2 Å². The third-order valence-electron chi connectivity index (χ3n) is 5.62. The number of hydrogen-bond acceptors (Lipinski definition) is 7. The van der Waals surface area contributed by atoms with Gasteiger partial charge >= 0.3 is 0 Å². The maximum atomic E-state index is 13.3. The fraction of sp³-hybridized carbons (Fsp3) is 0.222. The molecule has 0 unspecified atom stereocenters. The molecule has 0 saturated carbocycles. The van der Waals surface area contributed by atoms with E-state index in [4.69, 9.17) is 19.2 Å². The Morgan fingerprint density at radius 1 is 1.08 bits per heavy atom. The molecule has 0 spiro atoms. The molecule has 1 fully saturated rings. The number of fused-ring (bicyclic) bond motifs is 1. The number of anilines is 1. The van der Waals surface area contributed by atoms with Gasteiger partial charge in [-0.1, -0.05) is 36.0 Å². The summed E-state index contributed by atoms with van der Waals surface area (Å²) in [5.41, 5.74) is 2.22. The molecule has 36 heavy (non-hydrogen) atoms. The Morgan fingerprint density at radius 2 is 1.86 bits per heavy atom. The van der Waals surface area contributed by atoms with Crippen LogP contribution in [-0.2, 0) is 16.1 Å². The van der Waals surface area contributed by atoms with Crippen LogP contribution in [0.15, 0.2) is 77.8 Å². The third-order valence-corrected chi connectivity index (χ3v) is 6.81. The maximum Gasteiger partial charge on any atom is 0.238 e. The number of amides is 2. The highest BCUT2D eigenvalue weighted by Gasteiger charge is 2.36. The number of nitrogens with zero attached hydrogens (tertiary/aromatic N) is 2. The molecule has 0 radical (unpaired) electrons. The zero-order valence-corrected chi connectivity index (χ0v) is 20.5. The smallest absolute Gasteiger partial charge is 0.238 e. The van der Waals surface area contributed by atoms with Crippen molar-refractivity contribution in [3.63, 3.8) is 0 Å². The Hall–Kier alpha value is -3.98. The lowest BCUT2D eigenvalue weighted by Crippen LogP contribution is -2.44. The predicted octanol–water partition coefficient (Wildman–Crippen LogP) is 4.97. The van der Waals surface area contributed by atoms with Gasteiger partial charge in [0.15, 0.2) is 16.7 Å². The van der Waals surface area contributed by atoms with Gasteiger partial charge in [-0.05, 0) is 61.0 Å². The Labute approximate surface area is 213 Å². The van der Waals surface area contributed by atoms with Gasteiger partial charge in [-0.2, -0.15) is 0 Å². The van der Waals surface area contributed by atoms with E-state index in [9.17, 15) is 9.59 Å². The molecule has 2 aliphatic heterocycles. The van der Waals surface area contributed by atoms with Crippen molar-refractivity contribution < 1.29 is 23.8 Å². The summed E-state index contributed by atoms with van der Waals surface area (Å²) in [5, 5.41) is 2.75. The lowest BCUT2D eigenvalue weighted by atomic mass is 10.1. The van der Waals surface area contributed by atoms with Crippen molar-refractivity contribution in [3.8, 4) is 17.2 Å². The summed E-state index contributed by atoms with van der Waals surface area (Å²) < 4.78 is 16.4. The number of para-hydroxylation sites is 1. The normalized spacial score (nSPS) is 17.8.